The number of rotatable bonds is 4. The molecular weight excluding hydrogens is 335 g/mol. The number of nitrogens with zero attached hydrogens (tertiary/aromatic N) is 3. The van der Waals surface area contributed by atoms with Crippen LogP contribution in [0, 0.1) is 0 Å². The predicted octanol–water partition coefficient (Wildman–Crippen LogP) is -2.15. The van der Waals surface area contributed by atoms with Crippen LogP contribution in [0.1, 0.15) is 6.23 Å². The summed E-state index contributed by atoms with van der Waals surface area (Å²) in [4.78, 5) is 38.4. The van der Waals surface area contributed by atoms with Crippen LogP contribution in [0.5, 0.6) is 0 Å². The molecule has 1 aliphatic rings. The number of phosphoric acid groups is 1. The third-order valence-corrected chi connectivity index (χ3v) is 3.87. The predicted molar refractivity (Wildman–Crippen MR) is 72.1 cm³/mol. The van der Waals surface area contributed by atoms with Crippen LogP contribution in [0.2, 0.25) is 0 Å². The van der Waals surface area contributed by atoms with Gasteiger partial charge < -0.3 is 24.7 Å². The van der Waals surface area contributed by atoms with Crippen LogP contribution in [-0.4, -0.2) is 64.4 Å². The van der Waals surface area contributed by atoms with Crippen molar-refractivity contribution in [3.8, 4) is 0 Å². The fraction of sp³-hybridized carbons (Fsp3) is 0.500. The quantitative estimate of drug-likeness (QED) is 0.382. The maximum Gasteiger partial charge on any atom is 0.469 e. The standard InChI is InChI=1S/C10H13N4O8P/c15-6-5(2-21-23(18,19)20)22-9(7(6)16)14-3-12-8-4(14)1-11-10(17)13-8/h1,3,5-7,9,15-16H,2H2,(H,11,13,17)(H2,18,19,20). The number of phosphoric ester groups is 1. The first-order chi connectivity index (χ1) is 10.8. The lowest BCUT2D eigenvalue weighted by atomic mass is 10.1. The highest BCUT2D eigenvalue weighted by molar-refractivity contribution is 7.46. The number of ether oxygens (including phenoxy) is 1. The summed E-state index contributed by atoms with van der Waals surface area (Å²) >= 11 is 0. The monoisotopic (exact) mass is 348 g/mol. The Hall–Kier alpha value is -1.66. The first kappa shape index (κ1) is 16.2. The van der Waals surface area contributed by atoms with Crippen LogP contribution in [0.25, 0.3) is 11.2 Å². The molecule has 0 spiro atoms. The van der Waals surface area contributed by atoms with Crippen LogP contribution >= 0.6 is 7.82 Å². The normalized spacial score (nSPS) is 28.5. The molecule has 126 valence electrons. The molecule has 0 aliphatic carbocycles. The number of aliphatic hydroxyl groups is 2. The Balaban J connectivity index is 1.85. The molecule has 1 fully saturated rings. The van der Waals surface area contributed by atoms with Crippen molar-refractivity contribution in [3.05, 3.63) is 23.0 Å². The van der Waals surface area contributed by atoms with E-state index in [1.807, 2.05) is 0 Å². The smallest absolute Gasteiger partial charge is 0.387 e. The van der Waals surface area contributed by atoms with Gasteiger partial charge in [-0.25, -0.2) is 14.3 Å². The Morgan fingerprint density at radius 2 is 2.09 bits per heavy atom. The summed E-state index contributed by atoms with van der Waals surface area (Å²) in [6.07, 6.45) is -2.58. The number of aromatic amines is 1. The minimum absolute atomic E-state index is 0.213. The van der Waals surface area contributed by atoms with E-state index in [0.717, 1.165) is 0 Å². The van der Waals surface area contributed by atoms with Gasteiger partial charge in [-0.3, -0.25) is 14.1 Å². The van der Waals surface area contributed by atoms with Crippen LogP contribution in [0.3, 0.4) is 0 Å². The van der Waals surface area contributed by atoms with Gasteiger partial charge in [-0.1, -0.05) is 0 Å². The van der Waals surface area contributed by atoms with Crippen molar-refractivity contribution >= 4 is 19.0 Å². The van der Waals surface area contributed by atoms with Crippen molar-refractivity contribution in [2.45, 2.75) is 24.5 Å². The van der Waals surface area contributed by atoms with Crippen LogP contribution in [0.15, 0.2) is 17.3 Å². The van der Waals surface area contributed by atoms with E-state index in [1.165, 1.54) is 17.1 Å². The van der Waals surface area contributed by atoms with Crippen LogP contribution < -0.4 is 5.69 Å². The molecular formula is C10H13N4O8P. The van der Waals surface area contributed by atoms with Gasteiger partial charge in [0.15, 0.2) is 11.9 Å². The number of hydrogen-bond donors (Lipinski definition) is 5. The van der Waals surface area contributed by atoms with Crippen LogP contribution in [-0.2, 0) is 13.8 Å². The minimum Gasteiger partial charge on any atom is -0.387 e. The molecule has 3 rings (SSSR count). The molecule has 12 nitrogen and oxygen atoms in total. The van der Waals surface area contributed by atoms with Crippen molar-refractivity contribution in [2.75, 3.05) is 6.61 Å². The van der Waals surface area contributed by atoms with E-state index in [0.29, 0.717) is 5.52 Å². The van der Waals surface area contributed by atoms with E-state index < -0.39 is 44.7 Å². The van der Waals surface area contributed by atoms with E-state index in [2.05, 4.69) is 19.5 Å². The van der Waals surface area contributed by atoms with E-state index in [4.69, 9.17) is 14.5 Å². The molecule has 1 aliphatic heterocycles. The molecule has 3 heterocycles. The van der Waals surface area contributed by atoms with Crippen molar-refractivity contribution in [1.29, 1.82) is 0 Å². The Labute approximate surface area is 127 Å². The first-order valence-corrected chi connectivity index (χ1v) is 7.93. The summed E-state index contributed by atoms with van der Waals surface area (Å²) in [7, 11) is -4.73. The number of H-pyrrole nitrogens is 1. The van der Waals surface area contributed by atoms with Crippen molar-refractivity contribution in [1.82, 2.24) is 19.5 Å². The summed E-state index contributed by atoms with van der Waals surface area (Å²) in [6, 6.07) is 0. The van der Waals surface area contributed by atoms with Gasteiger partial charge in [0, 0.05) is 0 Å². The summed E-state index contributed by atoms with van der Waals surface area (Å²) < 4.78 is 21.7. The van der Waals surface area contributed by atoms with Crippen LogP contribution in [0.4, 0.5) is 0 Å². The van der Waals surface area contributed by atoms with Gasteiger partial charge in [0.2, 0.25) is 0 Å². The summed E-state index contributed by atoms with van der Waals surface area (Å²) in [6.45, 7) is -0.610. The maximum atomic E-state index is 11.1. The van der Waals surface area contributed by atoms with Crippen molar-refractivity contribution in [3.63, 3.8) is 0 Å². The van der Waals surface area contributed by atoms with Gasteiger partial charge in [-0.15, -0.1) is 0 Å². The fourth-order valence-corrected chi connectivity index (χ4v) is 2.66. The summed E-state index contributed by atoms with van der Waals surface area (Å²) in [5, 5.41) is 20.0. The number of fused-ring (bicyclic) bond motifs is 1. The molecule has 2 aromatic rings. The van der Waals surface area contributed by atoms with Gasteiger partial charge in [-0.05, 0) is 0 Å². The Bertz CT molecular complexity index is 815. The second kappa shape index (κ2) is 5.76. The van der Waals surface area contributed by atoms with E-state index in [1.54, 1.807) is 0 Å². The Morgan fingerprint density at radius 1 is 1.35 bits per heavy atom. The number of aliphatic hydroxyl groups excluding tert-OH is 2. The first-order valence-electron chi connectivity index (χ1n) is 6.40. The SMILES string of the molecule is O=c1ncc2c(ncn2C2OC(COP(=O)(O)O)C(O)C2O)[nH]1. The molecule has 1 saturated heterocycles. The Morgan fingerprint density at radius 3 is 2.78 bits per heavy atom. The zero-order chi connectivity index (χ0) is 16.8. The lowest BCUT2D eigenvalue weighted by molar-refractivity contribution is -0.0501. The molecule has 0 radical (unpaired) electrons. The van der Waals surface area contributed by atoms with E-state index in [9.17, 15) is 19.6 Å². The largest absolute Gasteiger partial charge is 0.469 e. The highest BCUT2D eigenvalue weighted by Gasteiger charge is 2.45. The van der Waals surface area contributed by atoms with E-state index >= 15 is 0 Å². The number of nitrogens with one attached hydrogen (secondary N) is 1. The average molecular weight is 348 g/mol. The molecule has 23 heavy (non-hydrogen) atoms. The highest BCUT2D eigenvalue weighted by Crippen LogP contribution is 2.38. The zero-order valence-electron chi connectivity index (χ0n) is 11.4. The number of hydrogen-bond acceptors (Lipinski definition) is 8. The fourth-order valence-electron chi connectivity index (χ4n) is 2.32. The molecule has 5 N–H and O–H groups in total. The average Bonchev–Trinajstić information content (AvgIpc) is 2.99. The molecule has 4 unspecified atom stereocenters. The maximum absolute atomic E-state index is 11.1. The number of aromatic nitrogens is 4. The van der Waals surface area contributed by atoms with Gasteiger partial charge >= 0.3 is 13.5 Å². The van der Waals surface area contributed by atoms with Gasteiger partial charge in [0.05, 0.1) is 19.1 Å². The summed E-state index contributed by atoms with van der Waals surface area (Å²) in [5.41, 5.74) is -0.0359. The highest BCUT2D eigenvalue weighted by atomic mass is 31.2. The van der Waals surface area contributed by atoms with Gasteiger partial charge in [-0.2, -0.15) is 4.98 Å². The molecule has 0 bridgehead atoms. The van der Waals surface area contributed by atoms with Crippen molar-refractivity contribution in [2.24, 2.45) is 0 Å². The molecule has 0 aromatic carbocycles. The van der Waals surface area contributed by atoms with Crippen molar-refractivity contribution < 1.29 is 33.8 Å². The second-order valence-corrected chi connectivity index (χ2v) is 6.15. The van der Waals surface area contributed by atoms with Gasteiger partial charge in [0.1, 0.15) is 23.8 Å². The number of imidazole rings is 1. The topological polar surface area (TPSA) is 180 Å². The third-order valence-electron chi connectivity index (χ3n) is 3.38. The lowest BCUT2D eigenvalue weighted by Crippen LogP contribution is -2.33. The third kappa shape index (κ3) is 3.19. The zero-order valence-corrected chi connectivity index (χ0v) is 12.3. The minimum atomic E-state index is -4.73. The molecule has 2 aromatic heterocycles. The summed E-state index contributed by atoms with van der Waals surface area (Å²) in [5.74, 6) is 0. The molecule has 0 saturated carbocycles. The Kier molecular flexibility index (Phi) is 4.06. The second-order valence-electron chi connectivity index (χ2n) is 4.91. The molecule has 4 atom stereocenters. The lowest BCUT2D eigenvalue weighted by Gasteiger charge is -2.16. The molecule has 13 heteroatoms. The van der Waals surface area contributed by atoms with Gasteiger partial charge in [0.25, 0.3) is 0 Å². The molecule has 0 amide bonds. The van der Waals surface area contributed by atoms with E-state index in [-0.39, 0.29) is 5.65 Å².